The van der Waals surface area contributed by atoms with Crippen molar-refractivity contribution in [3.63, 3.8) is 0 Å². The molecule has 2 unspecified atom stereocenters. The summed E-state index contributed by atoms with van der Waals surface area (Å²) in [5.74, 6) is -6.04. The lowest BCUT2D eigenvalue weighted by Gasteiger charge is -2.19. The first-order valence-corrected chi connectivity index (χ1v) is 4.02. The van der Waals surface area contributed by atoms with Gasteiger partial charge in [-0.3, -0.25) is 4.90 Å². The third-order valence-corrected chi connectivity index (χ3v) is 2.07. The van der Waals surface area contributed by atoms with Crippen molar-refractivity contribution >= 4 is 5.97 Å². The average Bonchev–Trinajstić information content (AvgIpc) is 2.29. The molecule has 0 aromatic rings. The zero-order chi connectivity index (χ0) is 10.9. The first-order valence-electron chi connectivity index (χ1n) is 4.02. The number of alkyl halides is 2. The molecular weight excluding hydrogens is 200 g/mol. The number of carbonyl (C=O) groups is 1. The van der Waals surface area contributed by atoms with E-state index in [0.717, 1.165) is 4.90 Å². The molecule has 0 amide bonds. The standard InChI is InChI=1S/C7H11F2NO4/c8-7(9,6(13)14)3-10-1-4(11)5(12)2-10/h4-5,11-12H,1-3H2,(H,13,14). The Balaban J connectivity index is 2.50. The van der Waals surface area contributed by atoms with Gasteiger partial charge in [0.2, 0.25) is 0 Å². The van der Waals surface area contributed by atoms with Crippen LogP contribution in [0.2, 0.25) is 0 Å². The van der Waals surface area contributed by atoms with Gasteiger partial charge in [0.05, 0.1) is 18.8 Å². The molecular formula is C7H11F2NO4. The van der Waals surface area contributed by atoms with Crippen molar-refractivity contribution in [3.8, 4) is 0 Å². The van der Waals surface area contributed by atoms with Gasteiger partial charge in [0, 0.05) is 13.1 Å². The van der Waals surface area contributed by atoms with E-state index in [1.807, 2.05) is 0 Å². The Kier molecular flexibility index (Phi) is 3.03. The van der Waals surface area contributed by atoms with Gasteiger partial charge in [-0.25, -0.2) is 4.79 Å². The first kappa shape index (κ1) is 11.3. The molecule has 0 aliphatic carbocycles. The summed E-state index contributed by atoms with van der Waals surface area (Å²) in [5, 5.41) is 26.2. The molecule has 5 nitrogen and oxygen atoms in total. The molecule has 7 heteroatoms. The lowest BCUT2D eigenvalue weighted by Crippen LogP contribution is -2.41. The maximum Gasteiger partial charge on any atom is 0.375 e. The molecule has 1 fully saturated rings. The van der Waals surface area contributed by atoms with Crippen molar-refractivity contribution in [2.24, 2.45) is 0 Å². The van der Waals surface area contributed by atoms with E-state index in [0.29, 0.717) is 0 Å². The Morgan fingerprint density at radius 3 is 2.14 bits per heavy atom. The van der Waals surface area contributed by atoms with E-state index in [1.165, 1.54) is 0 Å². The number of nitrogens with zero attached hydrogens (tertiary/aromatic N) is 1. The molecule has 82 valence electrons. The van der Waals surface area contributed by atoms with E-state index in [-0.39, 0.29) is 13.1 Å². The number of likely N-dealkylation sites (tertiary alicyclic amines) is 1. The van der Waals surface area contributed by atoms with Crippen LogP contribution in [0.25, 0.3) is 0 Å². The molecule has 0 bridgehead atoms. The van der Waals surface area contributed by atoms with Crippen LogP contribution in [0.1, 0.15) is 0 Å². The zero-order valence-corrected chi connectivity index (χ0v) is 7.23. The van der Waals surface area contributed by atoms with Crippen LogP contribution in [0.4, 0.5) is 8.78 Å². The van der Waals surface area contributed by atoms with Crippen LogP contribution in [0.15, 0.2) is 0 Å². The molecule has 1 aliphatic heterocycles. The van der Waals surface area contributed by atoms with Gasteiger partial charge >= 0.3 is 11.9 Å². The molecule has 0 saturated carbocycles. The minimum absolute atomic E-state index is 0.135. The minimum atomic E-state index is -3.84. The highest BCUT2D eigenvalue weighted by Gasteiger charge is 2.43. The van der Waals surface area contributed by atoms with Gasteiger partial charge in [0.25, 0.3) is 0 Å². The summed E-state index contributed by atoms with van der Waals surface area (Å²) >= 11 is 0. The van der Waals surface area contributed by atoms with Gasteiger partial charge < -0.3 is 15.3 Å². The van der Waals surface area contributed by atoms with Crippen LogP contribution in [0, 0.1) is 0 Å². The van der Waals surface area contributed by atoms with Crippen LogP contribution in [0.3, 0.4) is 0 Å². The van der Waals surface area contributed by atoms with E-state index < -0.39 is 30.6 Å². The average molecular weight is 211 g/mol. The minimum Gasteiger partial charge on any atom is -0.477 e. The van der Waals surface area contributed by atoms with Gasteiger partial charge in [0.1, 0.15) is 0 Å². The van der Waals surface area contributed by atoms with Crippen LogP contribution in [0.5, 0.6) is 0 Å². The Hall–Kier alpha value is -0.790. The fraction of sp³-hybridized carbons (Fsp3) is 0.857. The Morgan fingerprint density at radius 2 is 1.79 bits per heavy atom. The second-order valence-electron chi connectivity index (χ2n) is 3.34. The number of aliphatic hydroxyl groups excluding tert-OH is 2. The Bertz CT molecular complexity index is 226. The van der Waals surface area contributed by atoms with Gasteiger partial charge in [-0.05, 0) is 0 Å². The largest absolute Gasteiger partial charge is 0.477 e. The fourth-order valence-corrected chi connectivity index (χ4v) is 1.32. The summed E-state index contributed by atoms with van der Waals surface area (Å²) in [7, 11) is 0. The van der Waals surface area contributed by atoms with Gasteiger partial charge in [-0.15, -0.1) is 0 Å². The third-order valence-electron chi connectivity index (χ3n) is 2.07. The molecule has 0 aromatic heterocycles. The summed E-state index contributed by atoms with van der Waals surface area (Å²) in [4.78, 5) is 11.1. The SMILES string of the molecule is O=C(O)C(F)(F)CN1CC(O)C(O)C1. The van der Waals surface area contributed by atoms with E-state index in [1.54, 1.807) is 0 Å². The number of carboxylic acid groups (broad SMARTS) is 1. The zero-order valence-electron chi connectivity index (χ0n) is 7.23. The van der Waals surface area contributed by atoms with E-state index >= 15 is 0 Å². The van der Waals surface area contributed by atoms with Crippen LogP contribution >= 0.6 is 0 Å². The monoisotopic (exact) mass is 211 g/mol. The number of carboxylic acids is 1. The molecule has 0 spiro atoms. The van der Waals surface area contributed by atoms with E-state index in [9.17, 15) is 13.6 Å². The van der Waals surface area contributed by atoms with Crippen molar-refractivity contribution in [1.82, 2.24) is 4.90 Å². The van der Waals surface area contributed by atoms with Crippen molar-refractivity contribution < 1.29 is 28.9 Å². The molecule has 1 aliphatic rings. The summed E-state index contributed by atoms with van der Waals surface area (Å²) in [6.07, 6.45) is -2.17. The fourth-order valence-electron chi connectivity index (χ4n) is 1.32. The van der Waals surface area contributed by atoms with Crippen LogP contribution in [-0.4, -0.2) is 64.0 Å². The van der Waals surface area contributed by atoms with Crippen molar-refractivity contribution in [1.29, 1.82) is 0 Å². The molecule has 1 saturated heterocycles. The lowest BCUT2D eigenvalue weighted by atomic mass is 10.3. The number of aliphatic hydroxyl groups is 2. The number of hydrogen-bond donors (Lipinski definition) is 3. The summed E-state index contributed by atoms with van der Waals surface area (Å²) in [6.45, 7) is -1.26. The highest BCUT2D eigenvalue weighted by Crippen LogP contribution is 2.19. The number of halogens is 2. The maximum atomic E-state index is 12.6. The number of rotatable bonds is 3. The molecule has 1 rings (SSSR count). The second kappa shape index (κ2) is 3.76. The normalized spacial score (nSPS) is 29.4. The summed E-state index contributed by atoms with van der Waals surface area (Å²) < 4.78 is 25.3. The number of aliphatic carboxylic acids is 1. The predicted molar refractivity (Wildman–Crippen MR) is 41.0 cm³/mol. The predicted octanol–water partition coefficient (Wildman–Crippen LogP) is -1.26. The smallest absolute Gasteiger partial charge is 0.375 e. The van der Waals surface area contributed by atoms with Crippen molar-refractivity contribution in [2.75, 3.05) is 19.6 Å². The molecule has 0 aromatic carbocycles. The third kappa shape index (κ3) is 2.37. The Morgan fingerprint density at radius 1 is 1.36 bits per heavy atom. The molecule has 3 N–H and O–H groups in total. The molecule has 2 atom stereocenters. The molecule has 14 heavy (non-hydrogen) atoms. The highest BCUT2D eigenvalue weighted by molar-refractivity contribution is 5.75. The summed E-state index contributed by atoms with van der Waals surface area (Å²) in [5.41, 5.74) is 0. The maximum absolute atomic E-state index is 12.6. The second-order valence-corrected chi connectivity index (χ2v) is 3.34. The molecule has 1 heterocycles. The van der Waals surface area contributed by atoms with Gasteiger partial charge in [0.15, 0.2) is 0 Å². The number of β-amino-alcohol motifs (C(OH)–C–C–N with tert-alkyl or cyclic N) is 2. The first-order chi connectivity index (χ1) is 6.33. The summed E-state index contributed by atoms with van der Waals surface area (Å²) in [6, 6.07) is 0. The quantitative estimate of drug-likeness (QED) is 0.543. The van der Waals surface area contributed by atoms with Crippen molar-refractivity contribution in [3.05, 3.63) is 0 Å². The van der Waals surface area contributed by atoms with Gasteiger partial charge in [-0.2, -0.15) is 8.78 Å². The lowest BCUT2D eigenvalue weighted by molar-refractivity contribution is -0.167. The molecule has 0 radical (unpaired) electrons. The van der Waals surface area contributed by atoms with Gasteiger partial charge in [-0.1, -0.05) is 0 Å². The van der Waals surface area contributed by atoms with E-state index in [2.05, 4.69) is 0 Å². The van der Waals surface area contributed by atoms with E-state index in [4.69, 9.17) is 15.3 Å². The van der Waals surface area contributed by atoms with Crippen LogP contribution < -0.4 is 0 Å². The van der Waals surface area contributed by atoms with Crippen LogP contribution in [-0.2, 0) is 4.79 Å². The Labute approximate surface area is 78.6 Å². The number of hydrogen-bond acceptors (Lipinski definition) is 4. The van der Waals surface area contributed by atoms with Crippen molar-refractivity contribution in [2.45, 2.75) is 18.1 Å². The topological polar surface area (TPSA) is 81.0 Å². The highest BCUT2D eigenvalue weighted by atomic mass is 19.3.